The third-order valence-electron chi connectivity index (χ3n) is 4.59. The highest BCUT2D eigenvalue weighted by Crippen LogP contribution is 2.22. The van der Waals surface area contributed by atoms with Gasteiger partial charge in [0.15, 0.2) is 5.96 Å². The zero-order valence-electron chi connectivity index (χ0n) is 18.2. The van der Waals surface area contributed by atoms with Crippen LogP contribution in [-0.4, -0.2) is 45.0 Å². The molecule has 2 rings (SSSR count). The molecule has 0 aliphatic rings. The minimum atomic E-state index is 0. The van der Waals surface area contributed by atoms with Crippen molar-refractivity contribution in [3.8, 4) is 5.75 Å². The van der Waals surface area contributed by atoms with E-state index < -0.39 is 0 Å². The fraction of sp³-hybridized carbons (Fsp3) is 0.524. The monoisotopic (exact) mass is 516 g/mol. The van der Waals surface area contributed by atoms with Crippen molar-refractivity contribution in [1.29, 1.82) is 0 Å². The standard InChI is InChI=1S/C21H32N4O3.HI/c1-14-7-8-18(19(11-14)27-10-9-26-6)13-24-21(22-5)23-12-15(2)20-16(3)25-28-17(20)4;/h7-8,11,15H,9-10,12-13H2,1-6H3,(H2,22,23,24);1H. The largest absolute Gasteiger partial charge is 0.491 e. The summed E-state index contributed by atoms with van der Waals surface area (Å²) in [6.45, 7) is 10.5. The van der Waals surface area contributed by atoms with E-state index >= 15 is 0 Å². The summed E-state index contributed by atoms with van der Waals surface area (Å²) >= 11 is 0. The first-order valence-corrected chi connectivity index (χ1v) is 9.54. The molecule has 8 heteroatoms. The maximum absolute atomic E-state index is 5.86. The molecule has 0 fully saturated rings. The van der Waals surface area contributed by atoms with E-state index in [-0.39, 0.29) is 29.9 Å². The normalized spacial score (nSPS) is 12.3. The predicted molar refractivity (Wildman–Crippen MR) is 127 cm³/mol. The summed E-state index contributed by atoms with van der Waals surface area (Å²) in [5, 5.41) is 10.8. The Balaban J connectivity index is 0.00000420. The van der Waals surface area contributed by atoms with Crippen LogP contribution >= 0.6 is 24.0 Å². The van der Waals surface area contributed by atoms with Crippen LogP contribution < -0.4 is 15.4 Å². The van der Waals surface area contributed by atoms with Crippen LogP contribution in [0.2, 0.25) is 0 Å². The lowest BCUT2D eigenvalue weighted by molar-refractivity contribution is 0.145. The molecule has 1 unspecified atom stereocenters. The molecule has 1 heterocycles. The van der Waals surface area contributed by atoms with E-state index in [0.29, 0.717) is 19.8 Å². The maximum Gasteiger partial charge on any atom is 0.191 e. The van der Waals surface area contributed by atoms with Crippen LogP contribution in [0.4, 0.5) is 0 Å². The van der Waals surface area contributed by atoms with Crippen molar-refractivity contribution in [2.45, 2.75) is 40.2 Å². The van der Waals surface area contributed by atoms with Gasteiger partial charge in [-0.3, -0.25) is 4.99 Å². The second-order valence-corrected chi connectivity index (χ2v) is 6.90. The minimum Gasteiger partial charge on any atom is -0.491 e. The van der Waals surface area contributed by atoms with Crippen molar-refractivity contribution in [2.75, 3.05) is 33.9 Å². The molecule has 0 aliphatic heterocycles. The van der Waals surface area contributed by atoms with Crippen LogP contribution in [0.25, 0.3) is 0 Å². The van der Waals surface area contributed by atoms with Gasteiger partial charge in [-0.25, -0.2) is 0 Å². The van der Waals surface area contributed by atoms with Gasteiger partial charge in [0.2, 0.25) is 0 Å². The van der Waals surface area contributed by atoms with Crippen molar-refractivity contribution in [3.63, 3.8) is 0 Å². The number of methoxy groups -OCH3 is 1. The van der Waals surface area contributed by atoms with Crippen molar-refractivity contribution in [3.05, 3.63) is 46.3 Å². The minimum absolute atomic E-state index is 0. The number of hydrogen-bond donors (Lipinski definition) is 2. The molecular weight excluding hydrogens is 483 g/mol. The molecule has 0 amide bonds. The number of aromatic nitrogens is 1. The van der Waals surface area contributed by atoms with E-state index in [0.717, 1.165) is 46.4 Å². The van der Waals surface area contributed by atoms with Gasteiger partial charge in [-0.05, 0) is 32.4 Å². The first-order chi connectivity index (χ1) is 13.5. The van der Waals surface area contributed by atoms with Crippen LogP contribution in [0.3, 0.4) is 0 Å². The number of ether oxygens (including phenoxy) is 2. The van der Waals surface area contributed by atoms with Gasteiger partial charge in [0, 0.05) is 44.3 Å². The van der Waals surface area contributed by atoms with Crippen LogP contribution in [0.15, 0.2) is 27.7 Å². The zero-order chi connectivity index (χ0) is 20.5. The number of aliphatic imine (C=N–C) groups is 1. The summed E-state index contributed by atoms with van der Waals surface area (Å²) < 4.78 is 16.2. The van der Waals surface area contributed by atoms with Crippen LogP contribution in [0.1, 0.15) is 41.0 Å². The first kappa shape index (κ1) is 25.2. The Morgan fingerprint density at radius 1 is 1.21 bits per heavy atom. The molecule has 1 aromatic heterocycles. The van der Waals surface area contributed by atoms with Gasteiger partial charge in [-0.1, -0.05) is 24.2 Å². The molecule has 0 aliphatic carbocycles. The molecule has 2 aromatic rings. The number of guanidine groups is 1. The SMILES string of the molecule is CN=C(NCc1ccc(C)cc1OCCOC)NCC(C)c1c(C)noc1C.I. The Labute approximate surface area is 190 Å². The van der Waals surface area contributed by atoms with E-state index in [1.54, 1.807) is 14.2 Å². The average molecular weight is 516 g/mol. The number of rotatable bonds is 9. The lowest BCUT2D eigenvalue weighted by Crippen LogP contribution is -2.38. The number of aryl methyl sites for hydroxylation is 3. The Kier molecular flexibility index (Phi) is 11.0. The molecule has 7 nitrogen and oxygen atoms in total. The van der Waals surface area contributed by atoms with Gasteiger partial charge in [0.25, 0.3) is 0 Å². The van der Waals surface area contributed by atoms with Crippen molar-refractivity contribution < 1.29 is 14.0 Å². The molecule has 0 saturated heterocycles. The van der Waals surface area contributed by atoms with Crippen molar-refractivity contribution in [1.82, 2.24) is 15.8 Å². The summed E-state index contributed by atoms with van der Waals surface area (Å²) in [4.78, 5) is 4.32. The van der Waals surface area contributed by atoms with Gasteiger partial charge in [0.05, 0.1) is 12.3 Å². The fourth-order valence-corrected chi connectivity index (χ4v) is 3.12. The highest BCUT2D eigenvalue weighted by Gasteiger charge is 2.16. The summed E-state index contributed by atoms with van der Waals surface area (Å²) in [5.41, 5.74) is 4.32. The quantitative estimate of drug-likeness (QED) is 0.229. The average Bonchev–Trinajstić information content (AvgIpc) is 3.01. The number of benzene rings is 1. The fourth-order valence-electron chi connectivity index (χ4n) is 3.12. The first-order valence-electron chi connectivity index (χ1n) is 9.54. The summed E-state index contributed by atoms with van der Waals surface area (Å²) in [6.07, 6.45) is 0. The van der Waals surface area contributed by atoms with Crippen molar-refractivity contribution >= 4 is 29.9 Å². The Morgan fingerprint density at radius 2 is 1.97 bits per heavy atom. The molecule has 0 saturated carbocycles. The second kappa shape index (κ2) is 12.7. The van der Waals surface area contributed by atoms with Gasteiger partial charge in [-0.15, -0.1) is 24.0 Å². The van der Waals surface area contributed by atoms with E-state index in [1.165, 1.54) is 0 Å². The van der Waals surface area contributed by atoms with E-state index in [9.17, 15) is 0 Å². The molecule has 0 spiro atoms. The molecule has 1 aromatic carbocycles. The lowest BCUT2D eigenvalue weighted by atomic mass is 10.00. The highest BCUT2D eigenvalue weighted by atomic mass is 127. The number of hydrogen-bond acceptors (Lipinski definition) is 5. The molecule has 0 radical (unpaired) electrons. The molecule has 2 N–H and O–H groups in total. The van der Waals surface area contributed by atoms with E-state index in [2.05, 4.69) is 46.8 Å². The Morgan fingerprint density at radius 3 is 2.59 bits per heavy atom. The Hall–Kier alpha value is -1.81. The van der Waals surface area contributed by atoms with Gasteiger partial charge >= 0.3 is 0 Å². The van der Waals surface area contributed by atoms with Crippen LogP contribution in [-0.2, 0) is 11.3 Å². The molecule has 162 valence electrons. The highest BCUT2D eigenvalue weighted by molar-refractivity contribution is 14.0. The van der Waals surface area contributed by atoms with Crippen LogP contribution in [0.5, 0.6) is 5.75 Å². The smallest absolute Gasteiger partial charge is 0.191 e. The lowest BCUT2D eigenvalue weighted by Gasteiger charge is -2.17. The summed E-state index contributed by atoms with van der Waals surface area (Å²) in [6, 6.07) is 6.20. The summed E-state index contributed by atoms with van der Waals surface area (Å²) in [5.74, 6) is 2.73. The number of nitrogens with zero attached hydrogens (tertiary/aromatic N) is 2. The summed E-state index contributed by atoms with van der Waals surface area (Å²) in [7, 11) is 3.43. The second-order valence-electron chi connectivity index (χ2n) is 6.90. The topological polar surface area (TPSA) is 80.9 Å². The third-order valence-corrected chi connectivity index (χ3v) is 4.59. The predicted octanol–water partition coefficient (Wildman–Crippen LogP) is 3.71. The zero-order valence-corrected chi connectivity index (χ0v) is 20.5. The molecule has 29 heavy (non-hydrogen) atoms. The number of nitrogens with one attached hydrogen (secondary N) is 2. The third kappa shape index (κ3) is 7.50. The van der Waals surface area contributed by atoms with Gasteiger partial charge < -0.3 is 24.6 Å². The van der Waals surface area contributed by atoms with E-state index in [1.807, 2.05) is 19.9 Å². The molecular formula is C21H33IN4O3. The van der Waals surface area contributed by atoms with Crippen LogP contribution in [0, 0.1) is 20.8 Å². The van der Waals surface area contributed by atoms with Crippen molar-refractivity contribution in [2.24, 2.45) is 4.99 Å². The van der Waals surface area contributed by atoms with Gasteiger partial charge in [0.1, 0.15) is 18.1 Å². The van der Waals surface area contributed by atoms with Gasteiger partial charge in [-0.2, -0.15) is 0 Å². The maximum atomic E-state index is 5.86. The molecule has 0 bridgehead atoms. The Bertz CT molecular complexity index is 773. The number of halogens is 1. The van der Waals surface area contributed by atoms with E-state index in [4.69, 9.17) is 14.0 Å². The molecule has 1 atom stereocenters.